The first kappa shape index (κ1) is 18.4. The van der Waals surface area contributed by atoms with E-state index in [0.29, 0.717) is 17.2 Å². The van der Waals surface area contributed by atoms with Gasteiger partial charge in [0.05, 0.1) is 24.9 Å². The third-order valence-corrected chi connectivity index (χ3v) is 4.17. The van der Waals surface area contributed by atoms with E-state index < -0.39 is 23.8 Å². The molecule has 0 aliphatic carbocycles. The van der Waals surface area contributed by atoms with Crippen LogP contribution in [0.5, 0.6) is 5.75 Å². The molecular formula is C19H18N2O6. The van der Waals surface area contributed by atoms with Crippen molar-refractivity contribution < 1.29 is 28.3 Å². The van der Waals surface area contributed by atoms with Crippen LogP contribution in [0.1, 0.15) is 26.0 Å². The molecule has 1 aromatic carbocycles. The highest BCUT2D eigenvalue weighted by Gasteiger charge is 2.43. The first-order valence-electron chi connectivity index (χ1n) is 8.31. The highest BCUT2D eigenvalue weighted by Crippen LogP contribution is 2.28. The predicted molar refractivity (Wildman–Crippen MR) is 93.6 cm³/mol. The van der Waals surface area contributed by atoms with Crippen molar-refractivity contribution in [1.29, 1.82) is 0 Å². The van der Waals surface area contributed by atoms with Crippen molar-refractivity contribution in [2.24, 2.45) is 0 Å². The second-order valence-electron chi connectivity index (χ2n) is 6.10. The molecule has 27 heavy (non-hydrogen) atoms. The molecular weight excluding hydrogens is 352 g/mol. The van der Waals surface area contributed by atoms with Crippen LogP contribution in [-0.2, 0) is 25.7 Å². The molecule has 1 unspecified atom stereocenters. The highest BCUT2D eigenvalue weighted by atomic mass is 16.5. The van der Waals surface area contributed by atoms with Gasteiger partial charge in [0.25, 0.3) is 5.91 Å². The van der Waals surface area contributed by atoms with Gasteiger partial charge in [-0.1, -0.05) is 0 Å². The van der Waals surface area contributed by atoms with Crippen molar-refractivity contribution in [2.45, 2.75) is 32.9 Å². The van der Waals surface area contributed by atoms with Gasteiger partial charge in [0.1, 0.15) is 17.6 Å². The Morgan fingerprint density at radius 1 is 1.19 bits per heavy atom. The third kappa shape index (κ3) is 3.89. The number of ether oxygens (including phenoxy) is 1. The smallest absolute Gasteiger partial charge is 0.308 e. The normalized spacial score (nSPS) is 16.5. The quantitative estimate of drug-likeness (QED) is 0.453. The molecule has 0 spiro atoms. The summed E-state index contributed by atoms with van der Waals surface area (Å²) in [5.41, 5.74) is 0.352. The number of benzene rings is 1. The number of furan rings is 1. The van der Waals surface area contributed by atoms with Gasteiger partial charge in [-0.15, -0.1) is 0 Å². The second kappa shape index (κ2) is 7.45. The lowest BCUT2D eigenvalue weighted by Gasteiger charge is -2.25. The molecule has 1 aliphatic rings. The largest absolute Gasteiger partial charge is 0.467 e. The molecule has 8 nitrogen and oxygen atoms in total. The SMILES string of the molecule is CC(=O)Oc1ccc(N2C(=O)CC(N(Cc3ccco3)C(C)=O)C2=O)cc1. The number of carbonyl (C=O) groups excluding carboxylic acids is 4. The molecule has 3 rings (SSSR count). The Morgan fingerprint density at radius 3 is 2.44 bits per heavy atom. The summed E-state index contributed by atoms with van der Waals surface area (Å²) < 4.78 is 10.2. The Kier molecular flexibility index (Phi) is 5.07. The minimum Gasteiger partial charge on any atom is -0.467 e. The van der Waals surface area contributed by atoms with Crippen molar-refractivity contribution in [3.8, 4) is 5.75 Å². The molecule has 1 atom stereocenters. The zero-order valence-electron chi connectivity index (χ0n) is 14.9. The number of carbonyl (C=O) groups is 4. The van der Waals surface area contributed by atoms with Crippen LogP contribution in [0, 0.1) is 0 Å². The molecule has 1 saturated heterocycles. The van der Waals surface area contributed by atoms with Crippen molar-refractivity contribution >= 4 is 29.4 Å². The predicted octanol–water partition coefficient (Wildman–Crippen LogP) is 1.89. The molecule has 3 amide bonds. The minimum atomic E-state index is -0.895. The standard InChI is InChI=1S/C19H18N2O6/c1-12(22)20(11-16-4-3-9-26-16)17-10-18(24)21(19(17)25)14-5-7-15(8-6-14)27-13(2)23/h3-9,17H,10-11H2,1-2H3. The van der Waals surface area contributed by atoms with E-state index in [4.69, 9.17) is 9.15 Å². The number of nitrogens with zero attached hydrogens (tertiary/aromatic N) is 2. The number of anilines is 1. The minimum absolute atomic E-state index is 0.102. The molecule has 2 aromatic rings. The lowest BCUT2D eigenvalue weighted by Crippen LogP contribution is -2.44. The molecule has 140 valence electrons. The van der Waals surface area contributed by atoms with Crippen LogP contribution in [0.4, 0.5) is 5.69 Å². The van der Waals surface area contributed by atoms with Gasteiger partial charge in [-0.2, -0.15) is 0 Å². The van der Waals surface area contributed by atoms with E-state index >= 15 is 0 Å². The van der Waals surface area contributed by atoms with Gasteiger partial charge in [0, 0.05) is 13.8 Å². The van der Waals surface area contributed by atoms with Gasteiger partial charge in [0.15, 0.2) is 0 Å². The average molecular weight is 370 g/mol. The number of rotatable bonds is 5. The lowest BCUT2D eigenvalue weighted by molar-refractivity contribution is -0.137. The fraction of sp³-hybridized carbons (Fsp3) is 0.263. The Hall–Kier alpha value is -3.42. The van der Waals surface area contributed by atoms with Crippen LogP contribution in [0.2, 0.25) is 0 Å². The van der Waals surface area contributed by atoms with Gasteiger partial charge in [0.2, 0.25) is 11.8 Å². The summed E-state index contributed by atoms with van der Waals surface area (Å²) in [4.78, 5) is 50.7. The van der Waals surface area contributed by atoms with E-state index in [-0.39, 0.29) is 18.9 Å². The summed E-state index contributed by atoms with van der Waals surface area (Å²) in [7, 11) is 0. The summed E-state index contributed by atoms with van der Waals surface area (Å²) in [6.45, 7) is 2.73. The molecule has 1 fully saturated rings. The van der Waals surface area contributed by atoms with Crippen LogP contribution in [0.25, 0.3) is 0 Å². The molecule has 0 saturated carbocycles. The van der Waals surface area contributed by atoms with E-state index in [9.17, 15) is 19.2 Å². The number of esters is 1. The molecule has 0 N–H and O–H groups in total. The van der Waals surface area contributed by atoms with Crippen LogP contribution < -0.4 is 9.64 Å². The molecule has 1 aliphatic heterocycles. The monoisotopic (exact) mass is 370 g/mol. The van der Waals surface area contributed by atoms with Gasteiger partial charge in [-0.3, -0.25) is 19.2 Å². The number of hydrogen-bond donors (Lipinski definition) is 0. The molecule has 8 heteroatoms. The van der Waals surface area contributed by atoms with Crippen LogP contribution in [0.15, 0.2) is 47.1 Å². The van der Waals surface area contributed by atoms with Gasteiger partial charge in [-0.25, -0.2) is 4.90 Å². The van der Waals surface area contributed by atoms with Crippen LogP contribution in [-0.4, -0.2) is 34.6 Å². The Morgan fingerprint density at radius 2 is 1.89 bits per heavy atom. The zero-order chi connectivity index (χ0) is 19.6. The average Bonchev–Trinajstić information content (AvgIpc) is 3.21. The Bertz CT molecular complexity index is 872. The fourth-order valence-electron chi connectivity index (χ4n) is 2.97. The summed E-state index contributed by atoms with van der Waals surface area (Å²) in [6.07, 6.45) is 1.37. The summed E-state index contributed by atoms with van der Waals surface area (Å²) in [5.74, 6) is -0.853. The van der Waals surface area contributed by atoms with Crippen molar-refractivity contribution in [1.82, 2.24) is 4.90 Å². The first-order chi connectivity index (χ1) is 12.9. The summed E-state index contributed by atoms with van der Waals surface area (Å²) >= 11 is 0. The Balaban J connectivity index is 1.81. The lowest BCUT2D eigenvalue weighted by atomic mass is 10.2. The van der Waals surface area contributed by atoms with Crippen LogP contribution in [0.3, 0.4) is 0 Å². The van der Waals surface area contributed by atoms with E-state index in [1.54, 1.807) is 12.1 Å². The van der Waals surface area contributed by atoms with Gasteiger partial charge in [-0.05, 0) is 36.4 Å². The van der Waals surface area contributed by atoms with Gasteiger partial charge < -0.3 is 14.1 Å². The summed E-state index contributed by atoms with van der Waals surface area (Å²) in [6, 6.07) is 8.51. The molecule has 2 heterocycles. The maximum Gasteiger partial charge on any atom is 0.308 e. The van der Waals surface area contributed by atoms with E-state index in [1.807, 2.05) is 0 Å². The van der Waals surface area contributed by atoms with E-state index in [0.717, 1.165) is 4.90 Å². The molecule has 0 radical (unpaired) electrons. The zero-order valence-corrected chi connectivity index (χ0v) is 14.9. The number of imide groups is 1. The Labute approximate surface area is 155 Å². The number of hydrogen-bond acceptors (Lipinski definition) is 6. The maximum absolute atomic E-state index is 12.8. The number of amides is 3. The second-order valence-corrected chi connectivity index (χ2v) is 6.10. The highest BCUT2D eigenvalue weighted by molar-refractivity contribution is 6.23. The van der Waals surface area contributed by atoms with E-state index in [1.165, 1.54) is 49.3 Å². The molecule has 0 bridgehead atoms. The van der Waals surface area contributed by atoms with E-state index in [2.05, 4.69) is 0 Å². The van der Waals surface area contributed by atoms with Crippen molar-refractivity contribution in [3.63, 3.8) is 0 Å². The first-order valence-corrected chi connectivity index (χ1v) is 8.31. The molecule has 1 aromatic heterocycles. The topological polar surface area (TPSA) is 97.1 Å². The summed E-state index contributed by atoms with van der Waals surface area (Å²) in [5, 5.41) is 0. The van der Waals surface area contributed by atoms with Gasteiger partial charge >= 0.3 is 5.97 Å². The fourth-order valence-corrected chi connectivity index (χ4v) is 2.97. The van der Waals surface area contributed by atoms with Crippen molar-refractivity contribution in [3.05, 3.63) is 48.4 Å². The van der Waals surface area contributed by atoms with Crippen LogP contribution >= 0.6 is 0 Å². The maximum atomic E-state index is 12.8. The third-order valence-electron chi connectivity index (χ3n) is 4.17. The van der Waals surface area contributed by atoms with Crippen molar-refractivity contribution in [2.75, 3.05) is 4.90 Å².